The first-order chi connectivity index (χ1) is 5.63. The zero-order chi connectivity index (χ0) is 9.40. The van der Waals surface area contributed by atoms with Crippen LogP contribution >= 0.6 is 0 Å². The van der Waals surface area contributed by atoms with Gasteiger partial charge in [-0.05, 0) is 12.8 Å². The molecule has 70 valence electrons. The number of carboxylic acids is 1. The number of aliphatic carboxylic acids is 1. The van der Waals surface area contributed by atoms with E-state index in [-0.39, 0.29) is 12.8 Å². The molecule has 0 unspecified atom stereocenters. The fourth-order valence-electron chi connectivity index (χ4n) is 0.894. The van der Waals surface area contributed by atoms with Crippen LogP contribution in [0, 0.1) is 0 Å². The van der Waals surface area contributed by atoms with Gasteiger partial charge in [0.05, 0.1) is 0 Å². The highest BCUT2D eigenvalue weighted by molar-refractivity contribution is 5.67. The first-order valence-electron chi connectivity index (χ1n) is 4.03. The lowest BCUT2D eigenvalue weighted by atomic mass is 10.1. The monoisotopic (exact) mass is 176 g/mol. The van der Waals surface area contributed by atoms with Crippen LogP contribution in [-0.2, 0) is 9.59 Å². The van der Waals surface area contributed by atoms with Gasteiger partial charge in [0.1, 0.15) is 0 Å². The van der Waals surface area contributed by atoms with E-state index in [1.54, 1.807) is 0 Å². The number of carboxylic acid groups (broad SMARTS) is 1. The van der Waals surface area contributed by atoms with E-state index in [0.29, 0.717) is 12.8 Å². The summed E-state index contributed by atoms with van der Waals surface area (Å²) in [5, 5.41) is 8.24. The molecule has 0 saturated heterocycles. The number of rotatable bonds is 7. The summed E-state index contributed by atoms with van der Waals surface area (Å²) in [6.45, 7) is 0. The molecule has 0 aromatic rings. The maximum absolute atomic E-state index is 11.6. The molecule has 0 rings (SSSR count). The second-order valence-corrected chi connectivity index (χ2v) is 2.66. The summed E-state index contributed by atoms with van der Waals surface area (Å²) in [7, 11) is 0. The molecule has 0 aromatic carbocycles. The van der Waals surface area contributed by atoms with E-state index < -0.39 is 12.0 Å². The van der Waals surface area contributed by atoms with Crippen LogP contribution in [0.4, 0.5) is 4.39 Å². The number of hydrogen-bond acceptors (Lipinski definition) is 2. The first kappa shape index (κ1) is 11.1. The molecular weight excluding hydrogens is 163 g/mol. The van der Waals surface area contributed by atoms with Gasteiger partial charge in [-0.15, -0.1) is 0 Å². The van der Waals surface area contributed by atoms with E-state index in [1.807, 2.05) is 0 Å². The van der Waals surface area contributed by atoms with Crippen molar-refractivity contribution in [3.63, 3.8) is 0 Å². The largest absolute Gasteiger partial charge is 0.481 e. The van der Waals surface area contributed by atoms with Gasteiger partial charge >= 0.3 is 12.0 Å². The smallest absolute Gasteiger partial charge is 0.303 e. The Bertz CT molecular complexity index is 138. The molecule has 0 aromatic heterocycles. The van der Waals surface area contributed by atoms with Crippen molar-refractivity contribution in [2.75, 3.05) is 0 Å². The number of hydrogen-bond donors (Lipinski definition) is 1. The minimum Gasteiger partial charge on any atom is -0.481 e. The van der Waals surface area contributed by atoms with Gasteiger partial charge in [-0.3, -0.25) is 9.59 Å². The molecule has 0 radical (unpaired) electrons. The second-order valence-electron chi connectivity index (χ2n) is 2.66. The second kappa shape index (κ2) is 6.76. The third-order valence-electron chi connectivity index (χ3n) is 1.51. The Morgan fingerprint density at radius 1 is 1.00 bits per heavy atom. The molecule has 0 aliphatic rings. The maximum atomic E-state index is 11.6. The summed E-state index contributed by atoms with van der Waals surface area (Å²) in [6.07, 6.45) is 2.73. The summed E-state index contributed by atoms with van der Waals surface area (Å²) in [5.41, 5.74) is 0. The van der Waals surface area contributed by atoms with Gasteiger partial charge in [0.15, 0.2) is 0 Å². The average Bonchev–Trinajstić information content (AvgIpc) is 1.95. The van der Waals surface area contributed by atoms with Crippen LogP contribution in [0.2, 0.25) is 0 Å². The van der Waals surface area contributed by atoms with Gasteiger partial charge < -0.3 is 5.11 Å². The van der Waals surface area contributed by atoms with Crippen LogP contribution in [-0.4, -0.2) is 17.1 Å². The molecule has 4 heteroatoms. The maximum Gasteiger partial charge on any atom is 0.303 e. The first-order valence-corrected chi connectivity index (χ1v) is 4.03. The summed E-state index contributed by atoms with van der Waals surface area (Å²) in [4.78, 5) is 19.8. The highest BCUT2D eigenvalue weighted by atomic mass is 19.1. The van der Waals surface area contributed by atoms with Crippen molar-refractivity contribution in [2.24, 2.45) is 0 Å². The summed E-state index contributed by atoms with van der Waals surface area (Å²) >= 11 is 0. The van der Waals surface area contributed by atoms with Crippen molar-refractivity contribution in [2.45, 2.75) is 38.5 Å². The number of unbranched alkanes of at least 4 members (excludes halogenated alkanes) is 3. The summed E-state index contributed by atoms with van der Waals surface area (Å²) in [6, 6.07) is -1.28. The van der Waals surface area contributed by atoms with Crippen LogP contribution in [0.15, 0.2) is 0 Å². The molecule has 12 heavy (non-hydrogen) atoms. The van der Waals surface area contributed by atoms with E-state index in [9.17, 15) is 14.0 Å². The van der Waals surface area contributed by atoms with Gasteiger partial charge in [0, 0.05) is 12.8 Å². The lowest BCUT2D eigenvalue weighted by molar-refractivity contribution is -0.137. The molecular formula is C8H13FO3. The Balaban J connectivity index is 3.01. The van der Waals surface area contributed by atoms with Crippen LogP contribution < -0.4 is 0 Å². The fourth-order valence-corrected chi connectivity index (χ4v) is 0.894. The zero-order valence-electron chi connectivity index (χ0n) is 6.88. The van der Waals surface area contributed by atoms with E-state index in [2.05, 4.69) is 0 Å². The van der Waals surface area contributed by atoms with Crippen molar-refractivity contribution in [3.8, 4) is 0 Å². The predicted molar refractivity (Wildman–Crippen MR) is 41.5 cm³/mol. The third-order valence-corrected chi connectivity index (χ3v) is 1.51. The predicted octanol–water partition coefficient (Wildman–Crippen LogP) is 1.91. The molecule has 0 aliphatic heterocycles. The standard InChI is InChI=1S/C8H13FO3/c9-7(10)5-3-1-2-4-6-8(11)12/h1-6H2,(H,11,12). The molecule has 3 nitrogen and oxygen atoms in total. The zero-order valence-corrected chi connectivity index (χ0v) is 6.88. The third kappa shape index (κ3) is 9.07. The SMILES string of the molecule is O=C(O)CCCCCCC(=O)F. The van der Waals surface area contributed by atoms with Gasteiger partial charge in [-0.2, -0.15) is 4.39 Å². The number of carbonyl (C=O) groups is 2. The highest BCUT2D eigenvalue weighted by Crippen LogP contribution is 2.05. The lowest BCUT2D eigenvalue weighted by Crippen LogP contribution is -1.94. The molecule has 0 spiro atoms. The molecule has 0 bridgehead atoms. The minimum absolute atomic E-state index is 0.0347. The number of carbonyl (C=O) groups excluding carboxylic acids is 1. The van der Waals surface area contributed by atoms with Gasteiger partial charge in [0.2, 0.25) is 0 Å². The molecule has 0 heterocycles. The van der Waals surface area contributed by atoms with E-state index >= 15 is 0 Å². The van der Waals surface area contributed by atoms with Gasteiger partial charge in [-0.1, -0.05) is 12.8 Å². The highest BCUT2D eigenvalue weighted by Gasteiger charge is 1.99. The van der Waals surface area contributed by atoms with Gasteiger partial charge in [-0.25, -0.2) is 0 Å². The van der Waals surface area contributed by atoms with E-state index in [0.717, 1.165) is 12.8 Å². The van der Waals surface area contributed by atoms with Crippen molar-refractivity contribution < 1.29 is 19.1 Å². The number of halogens is 1. The quantitative estimate of drug-likeness (QED) is 0.476. The minimum atomic E-state index is -1.28. The van der Waals surface area contributed by atoms with Crippen molar-refractivity contribution in [3.05, 3.63) is 0 Å². The molecule has 0 amide bonds. The van der Waals surface area contributed by atoms with Crippen molar-refractivity contribution in [1.29, 1.82) is 0 Å². The lowest BCUT2D eigenvalue weighted by Gasteiger charge is -1.95. The molecule has 0 aliphatic carbocycles. The van der Waals surface area contributed by atoms with Gasteiger partial charge in [0.25, 0.3) is 0 Å². The Kier molecular flexibility index (Phi) is 6.24. The average molecular weight is 176 g/mol. The van der Waals surface area contributed by atoms with E-state index in [1.165, 1.54) is 0 Å². The Hall–Kier alpha value is -0.930. The fraction of sp³-hybridized carbons (Fsp3) is 0.750. The van der Waals surface area contributed by atoms with Crippen LogP contribution in [0.25, 0.3) is 0 Å². The summed E-state index contributed by atoms with van der Waals surface area (Å²) < 4.78 is 11.6. The molecule has 0 saturated carbocycles. The molecule has 0 atom stereocenters. The normalized spacial score (nSPS) is 9.75. The Morgan fingerprint density at radius 2 is 1.50 bits per heavy atom. The van der Waals surface area contributed by atoms with Crippen LogP contribution in [0.5, 0.6) is 0 Å². The van der Waals surface area contributed by atoms with Crippen LogP contribution in [0.3, 0.4) is 0 Å². The van der Waals surface area contributed by atoms with E-state index in [4.69, 9.17) is 5.11 Å². The summed E-state index contributed by atoms with van der Waals surface area (Å²) in [5.74, 6) is -0.809. The Labute approximate surface area is 70.6 Å². The Morgan fingerprint density at radius 3 is 1.92 bits per heavy atom. The molecule has 1 N–H and O–H groups in total. The van der Waals surface area contributed by atoms with Crippen molar-refractivity contribution in [1.82, 2.24) is 0 Å². The van der Waals surface area contributed by atoms with Crippen LogP contribution in [0.1, 0.15) is 38.5 Å². The molecule has 0 fully saturated rings. The van der Waals surface area contributed by atoms with Crippen molar-refractivity contribution >= 4 is 12.0 Å². The topological polar surface area (TPSA) is 54.4 Å².